The molecule has 0 saturated carbocycles. The number of rotatable bonds is 6. The average Bonchev–Trinajstić information content (AvgIpc) is 2.52. The molecule has 2 aromatic rings. The molecule has 0 aliphatic carbocycles. The summed E-state index contributed by atoms with van der Waals surface area (Å²) < 4.78 is 1.97. The van der Waals surface area contributed by atoms with Crippen molar-refractivity contribution in [2.45, 2.75) is 26.4 Å². The van der Waals surface area contributed by atoms with E-state index >= 15 is 0 Å². The summed E-state index contributed by atoms with van der Waals surface area (Å²) in [5.41, 5.74) is 2.30. The lowest BCUT2D eigenvalue weighted by atomic mass is 10.1. The smallest absolute Gasteiger partial charge is 0.335 e. The fourth-order valence-electron chi connectivity index (χ4n) is 1.97. The number of carboxylic acids is 1. The Hall–Kier alpha value is -2.69. The van der Waals surface area contributed by atoms with E-state index in [9.17, 15) is 9.59 Å². The summed E-state index contributed by atoms with van der Waals surface area (Å²) in [6, 6.07) is 10.5. The Kier molecular flexibility index (Phi) is 5.25. The van der Waals surface area contributed by atoms with Gasteiger partial charge in [-0.15, -0.1) is 0 Å². The maximum atomic E-state index is 11.8. The van der Waals surface area contributed by atoms with Crippen LogP contribution in [0.25, 0.3) is 0 Å². The van der Waals surface area contributed by atoms with Crippen LogP contribution in [0, 0.1) is 6.92 Å². The SMILES string of the molecule is Cc1cc[n+](CCC(=O)NCc2ccc(C(=O)O)cc2)cc1. The standard InChI is InChI=1S/C17H18N2O3/c1-13-6-9-19(10-7-13)11-8-16(20)18-12-14-2-4-15(5-3-14)17(21)22/h2-7,9-10H,8,11-12H2,1H3,(H-,18,20,21,22)/p+1. The molecular formula is C17H19N2O3+. The number of hydrogen-bond acceptors (Lipinski definition) is 2. The lowest BCUT2D eigenvalue weighted by molar-refractivity contribution is -0.695. The third-order valence-corrected chi connectivity index (χ3v) is 3.35. The first-order valence-electron chi connectivity index (χ1n) is 7.09. The molecule has 0 unspecified atom stereocenters. The summed E-state index contributed by atoms with van der Waals surface area (Å²) >= 11 is 0. The van der Waals surface area contributed by atoms with Crippen molar-refractivity contribution in [3.63, 3.8) is 0 Å². The number of aryl methyl sites for hydroxylation is 2. The molecular weight excluding hydrogens is 280 g/mol. The summed E-state index contributed by atoms with van der Waals surface area (Å²) in [7, 11) is 0. The molecule has 2 rings (SSSR count). The summed E-state index contributed by atoms with van der Waals surface area (Å²) in [5.74, 6) is -0.985. The van der Waals surface area contributed by atoms with Crippen molar-refractivity contribution in [2.75, 3.05) is 0 Å². The van der Waals surface area contributed by atoms with Gasteiger partial charge in [-0.2, -0.15) is 0 Å². The number of carboxylic acid groups (broad SMARTS) is 1. The van der Waals surface area contributed by atoms with Crippen molar-refractivity contribution >= 4 is 11.9 Å². The number of hydrogen-bond donors (Lipinski definition) is 2. The van der Waals surface area contributed by atoms with Crippen LogP contribution in [0.1, 0.15) is 27.9 Å². The van der Waals surface area contributed by atoms with Crippen molar-refractivity contribution in [3.05, 3.63) is 65.5 Å². The Labute approximate surface area is 129 Å². The van der Waals surface area contributed by atoms with Crippen molar-refractivity contribution < 1.29 is 19.3 Å². The van der Waals surface area contributed by atoms with Crippen LogP contribution in [0.5, 0.6) is 0 Å². The van der Waals surface area contributed by atoms with E-state index in [0.717, 1.165) is 5.56 Å². The molecule has 22 heavy (non-hydrogen) atoms. The molecule has 0 saturated heterocycles. The minimum absolute atomic E-state index is 0.0320. The van der Waals surface area contributed by atoms with Gasteiger partial charge in [-0.1, -0.05) is 12.1 Å². The predicted octanol–water partition coefficient (Wildman–Crippen LogP) is 1.69. The average molecular weight is 299 g/mol. The largest absolute Gasteiger partial charge is 0.478 e. The Morgan fingerprint density at radius 1 is 1.09 bits per heavy atom. The Bertz CT molecular complexity index is 649. The van der Waals surface area contributed by atoms with Crippen LogP contribution < -0.4 is 9.88 Å². The number of nitrogens with one attached hydrogen (secondary N) is 1. The van der Waals surface area contributed by atoms with Gasteiger partial charge in [0.2, 0.25) is 5.91 Å². The van der Waals surface area contributed by atoms with Gasteiger partial charge in [-0.05, 0) is 30.2 Å². The highest BCUT2D eigenvalue weighted by Crippen LogP contribution is 2.04. The van der Waals surface area contributed by atoms with Crippen LogP contribution in [0.15, 0.2) is 48.8 Å². The first-order valence-corrected chi connectivity index (χ1v) is 7.09. The second-order valence-corrected chi connectivity index (χ2v) is 5.14. The third-order valence-electron chi connectivity index (χ3n) is 3.35. The molecule has 1 heterocycles. The minimum atomic E-state index is -0.953. The zero-order chi connectivity index (χ0) is 15.9. The van der Waals surface area contributed by atoms with E-state index in [-0.39, 0.29) is 11.5 Å². The number of carbonyl (C=O) groups is 2. The molecule has 1 amide bonds. The number of aromatic carboxylic acids is 1. The summed E-state index contributed by atoms with van der Waals surface area (Å²) in [6.07, 6.45) is 4.31. The highest BCUT2D eigenvalue weighted by molar-refractivity contribution is 5.87. The van der Waals surface area contributed by atoms with Crippen molar-refractivity contribution in [1.29, 1.82) is 0 Å². The van der Waals surface area contributed by atoms with Gasteiger partial charge in [0.1, 0.15) is 0 Å². The van der Waals surface area contributed by atoms with E-state index in [1.54, 1.807) is 12.1 Å². The lowest BCUT2D eigenvalue weighted by Crippen LogP contribution is -2.36. The first-order chi connectivity index (χ1) is 10.5. The molecule has 0 aliphatic rings. The molecule has 1 aromatic heterocycles. The first kappa shape index (κ1) is 15.7. The number of aromatic nitrogens is 1. The van der Waals surface area contributed by atoms with E-state index in [1.807, 2.05) is 36.0 Å². The van der Waals surface area contributed by atoms with Crippen molar-refractivity contribution in [2.24, 2.45) is 0 Å². The van der Waals surface area contributed by atoms with Crippen LogP contribution in [-0.4, -0.2) is 17.0 Å². The van der Waals surface area contributed by atoms with Gasteiger partial charge in [-0.3, -0.25) is 4.79 Å². The molecule has 1 aromatic carbocycles. The highest BCUT2D eigenvalue weighted by atomic mass is 16.4. The van der Waals surface area contributed by atoms with Crippen LogP contribution in [0.3, 0.4) is 0 Å². The van der Waals surface area contributed by atoms with Gasteiger partial charge in [0.15, 0.2) is 18.9 Å². The maximum Gasteiger partial charge on any atom is 0.335 e. The third kappa shape index (κ3) is 4.70. The van der Waals surface area contributed by atoms with E-state index in [0.29, 0.717) is 19.5 Å². The van der Waals surface area contributed by atoms with Gasteiger partial charge in [0, 0.05) is 18.7 Å². The molecule has 0 atom stereocenters. The molecule has 0 spiro atoms. The van der Waals surface area contributed by atoms with Crippen molar-refractivity contribution in [1.82, 2.24) is 5.32 Å². The molecule has 0 radical (unpaired) electrons. The van der Waals surface area contributed by atoms with Crippen molar-refractivity contribution in [3.8, 4) is 0 Å². The fourth-order valence-corrected chi connectivity index (χ4v) is 1.97. The van der Waals surface area contributed by atoms with E-state index in [2.05, 4.69) is 5.32 Å². The molecule has 0 aliphatic heterocycles. The van der Waals surface area contributed by atoms with Crippen LogP contribution in [0.2, 0.25) is 0 Å². The zero-order valence-electron chi connectivity index (χ0n) is 12.5. The van der Waals surface area contributed by atoms with Gasteiger partial charge in [-0.25, -0.2) is 9.36 Å². The fraction of sp³-hybridized carbons (Fsp3) is 0.235. The van der Waals surface area contributed by atoms with Crippen LogP contribution in [-0.2, 0) is 17.9 Å². The summed E-state index contributed by atoms with van der Waals surface area (Å²) in [6.45, 7) is 3.05. The summed E-state index contributed by atoms with van der Waals surface area (Å²) in [5, 5.41) is 11.6. The normalized spacial score (nSPS) is 10.2. The van der Waals surface area contributed by atoms with Gasteiger partial charge < -0.3 is 10.4 Å². The van der Waals surface area contributed by atoms with Crippen LogP contribution in [0.4, 0.5) is 0 Å². The number of amides is 1. The second-order valence-electron chi connectivity index (χ2n) is 5.14. The minimum Gasteiger partial charge on any atom is -0.478 e. The number of pyridine rings is 1. The molecule has 5 nitrogen and oxygen atoms in total. The topological polar surface area (TPSA) is 70.3 Å². The molecule has 2 N–H and O–H groups in total. The molecule has 0 fully saturated rings. The Balaban J connectivity index is 1.77. The van der Waals surface area contributed by atoms with Gasteiger partial charge in [0.05, 0.1) is 12.0 Å². The predicted molar refractivity (Wildman–Crippen MR) is 81.2 cm³/mol. The number of benzene rings is 1. The van der Waals surface area contributed by atoms with Gasteiger partial charge >= 0.3 is 5.97 Å². The second kappa shape index (κ2) is 7.36. The Morgan fingerprint density at radius 2 is 1.73 bits per heavy atom. The van der Waals surface area contributed by atoms with E-state index < -0.39 is 5.97 Å². The van der Waals surface area contributed by atoms with Crippen LogP contribution >= 0.6 is 0 Å². The van der Waals surface area contributed by atoms with E-state index in [1.165, 1.54) is 17.7 Å². The highest BCUT2D eigenvalue weighted by Gasteiger charge is 2.07. The monoisotopic (exact) mass is 299 g/mol. The zero-order valence-corrected chi connectivity index (χ0v) is 12.5. The lowest BCUT2D eigenvalue weighted by Gasteiger charge is -2.05. The van der Waals surface area contributed by atoms with Gasteiger partial charge in [0.25, 0.3) is 0 Å². The molecule has 0 bridgehead atoms. The quantitative estimate of drug-likeness (QED) is 0.797. The molecule has 5 heteroatoms. The molecule has 114 valence electrons. The number of nitrogens with zero attached hydrogens (tertiary/aromatic N) is 1. The number of carbonyl (C=O) groups excluding carboxylic acids is 1. The Morgan fingerprint density at radius 3 is 2.32 bits per heavy atom. The van der Waals surface area contributed by atoms with E-state index in [4.69, 9.17) is 5.11 Å². The maximum absolute atomic E-state index is 11.8. The summed E-state index contributed by atoms with van der Waals surface area (Å²) in [4.78, 5) is 22.6.